The molecule has 2 fully saturated rings. The number of nitrogens with one attached hydrogen (secondary N) is 1. The van der Waals surface area contributed by atoms with Crippen molar-refractivity contribution in [3.8, 4) is 11.1 Å². The molecule has 4 rings (SSSR count). The zero-order valence-corrected chi connectivity index (χ0v) is 12.4. The van der Waals surface area contributed by atoms with Crippen molar-refractivity contribution in [2.75, 3.05) is 0 Å². The number of benzene rings is 1. The van der Waals surface area contributed by atoms with Crippen molar-refractivity contribution in [1.29, 1.82) is 0 Å². The van der Waals surface area contributed by atoms with Crippen molar-refractivity contribution >= 4 is 5.69 Å². The Hall–Kier alpha value is -2.34. The largest absolute Gasteiger partial charge is 0.311 e. The smallest absolute Gasteiger partial charge is 0.270 e. The number of rotatable bonds is 3. The van der Waals surface area contributed by atoms with Crippen LogP contribution in [0.2, 0.25) is 0 Å². The van der Waals surface area contributed by atoms with E-state index < -0.39 is 10.9 Å². The molecule has 0 amide bonds. The van der Waals surface area contributed by atoms with Gasteiger partial charge in [0.25, 0.3) is 5.69 Å². The number of hydrogen-bond donors (Lipinski definition) is 1. The van der Waals surface area contributed by atoms with E-state index in [4.69, 9.17) is 0 Å². The molecule has 0 radical (unpaired) electrons. The average Bonchev–Trinajstić information content (AvgIpc) is 3.18. The molecule has 2 saturated heterocycles. The first-order valence-corrected chi connectivity index (χ1v) is 7.78. The fourth-order valence-electron chi connectivity index (χ4n) is 3.85. The molecular weight excluding hydrogens is 297 g/mol. The number of nitro benzene ring substituents is 1. The molecular formula is C17H16FN3O2. The SMILES string of the molecule is O=[N+]([O-])c1cccc(-c2cc([C@H]3C[C@@H]4CC[C@H]3N4)cnc2F)c1. The number of non-ortho nitro benzene ring substituents is 1. The highest BCUT2D eigenvalue weighted by atomic mass is 19.1. The van der Waals surface area contributed by atoms with Crippen molar-refractivity contribution in [3.63, 3.8) is 0 Å². The maximum absolute atomic E-state index is 14.2. The minimum atomic E-state index is -0.592. The van der Waals surface area contributed by atoms with Crippen LogP contribution in [0.15, 0.2) is 36.5 Å². The molecule has 5 nitrogen and oxygen atoms in total. The Bertz CT molecular complexity index is 780. The molecule has 0 unspecified atom stereocenters. The van der Waals surface area contributed by atoms with E-state index in [1.807, 2.05) is 0 Å². The van der Waals surface area contributed by atoms with Crippen LogP contribution < -0.4 is 5.32 Å². The Balaban J connectivity index is 1.73. The topological polar surface area (TPSA) is 68.1 Å². The fourth-order valence-corrected chi connectivity index (χ4v) is 3.85. The predicted octanol–water partition coefficient (Wildman–Crippen LogP) is 3.40. The van der Waals surface area contributed by atoms with Crippen molar-refractivity contribution in [2.24, 2.45) is 0 Å². The number of aromatic nitrogens is 1. The van der Waals surface area contributed by atoms with Gasteiger partial charge in [0.1, 0.15) is 0 Å². The van der Waals surface area contributed by atoms with Gasteiger partial charge in [-0.15, -0.1) is 0 Å². The molecule has 1 aromatic heterocycles. The van der Waals surface area contributed by atoms with Gasteiger partial charge in [0, 0.05) is 41.9 Å². The van der Waals surface area contributed by atoms with E-state index in [1.54, 1.807) is 24.4 Å². The number of halogens is 1. The van der Waals surface area contributed by atoms with Gasteiger partial charge >= 0.3 is 0 Å². The molecule has 1 N–H and O–H groups in total. The zero-order chi connectivity index (χ0) is 16.0. The summed E-state index contributed by atoms with van der Waals surface area (Å²) in [6.45, 7) is 0. The number of hydrogen-bond acceptors (Lipinski definition) is 4. The van der Waals surface area contributed by atoms with Crippen LogP contribution in [0.25, 0.3) is 11.1 Å². The first-order chi connectivity index (χ1) is 11.1. The zero-order valence-electron chi connectivity index (χ0n) is 12.4. The van der Waals surface area contributed by atoms with Crippen LogP contribution in [0.3, 0.4) is 0 Å². The molecule has 1 aromatic carbocycles. The van der Waals surface area contributed by atoms with Crippen molar-refractivity contribution in [2.45, 2.75) is 37.3 Å². The normalized spacial score (nSPS) is 25.7. The predicted molar refractivity (Wildman–Crippen MR) is 83.6 cm³/mol. The highest BCUT2D eigenvalue weighted by Crippen LogP contribution is 2.40. The van der Waals surface area contributed by atoms with E-state index in [9.17, 15) is 14.5 Å². The number of fused-ring (bicyclic) bond motifs is 2. The van der Waals surface area contributed by atoms with Gasteiger partial charge in [-0.25, -0.2) is 4.98 Å². The highest BCUT2D eigenvalue weighted by Gasteiger charge is 2.40. The molecule has 0 spiro atoms. The molecule has 2 aliphatic heterocycles. The summed E-state index contributed by atoms with van der Waals surface area (Å²) in [5.74, 6) is -0.246. The van der Waals surface area contributed by atoms with Crippen LogP contribution in [-0.4, -0.2) is 22.0 Å². The van der Waals surface area contributed by atoms with Crippen LogP contribution in [-0.2, 0) is 0 Å². The molecule has 6 heteroatoms. The molecule has 2 bridgehead atoms. The maximum atomic E-state index is 14.2. The van der Waals surface area contributed by atoms with Gasteiger partial charge in [-0.1, -0.05) is 12.1 Å². The van der Waals surface area contributed by atoms with Crippen LogP contribution in [0.1, 0.15) is 30.7 Å². The van der Waals surface area contributed by atoms with E-state index in [-0.39, 0.29) is 5.69 Å². The summed E-state index contributed by atoms with van der Waals surface area (Å²) in [6.07, 6.45) is 4.99. The van der Waals surface area contributed by atoms with Gasteiger partial charge in [-0.3, -0.25) is 10.1 Å². The summed E-state index contributed by atoms with van der Waals surface area (Å²) < 4.78 is 14.2. The Morgan fingerprint density at radius 3 is 2.87 bits per heavy atom. The molecule has 118 valence electrons. The summed E-state index contributed by atoms with van der Waals surface area (Å²) in [6, 6.07) is 8.83. The minimum Gasteiger partial charge on any atom is -0.311 e. The fraction of sp³-hybridized carbons (Fsp3) is 0.353. The summed E-state index contributed by atoms with van der Waals surface area (Å²) >= 11 is 0. The van der Waals surface area contributed by atoms with Gasteiger partial charge < -0.3 is 5.32 Å². The lowest BCUT2D eigenvalue weighted by Gasteiger charge is -2.20. The van der Waals surface area contributed by atoms with E-state index >= 15 is 0 Å². The van der Waals surface area contributed by atoms with E-state index in [0.717, 1.165) is 18.4 Å². The Labute approximate surface area is 132 Å². The van der Waals surface area contributed by atoms with Crippen LogP contribution in [0, 0.1) is 16.1 Å². The van der Waals surface area contributed by atoms with Crippen LogP contribution in [0.5, 0.6) is 0 Å². The summed E-state index contributed by atoms with van der Waals surface area (Å²) in [4.78, 5) is 14.3. The Morgan fingerprint density at radius 2 is 2.17 bits per heavy atom. The van der Waals surface area contributed by atoms with Gasteiger partial charge in [-0.2, -0.15) is 4.39 Å². The average molecular weight is 313 g/mol. The third-order valence-corrected chi connectivity index (χ3v) is 4.96. The Morgan fingerprint density at radius 1 is 1.30 bits per heavy atom. The van der Waals surface area contributed by atoms with Crippen molar-refractivity contribution in [1.82, 2.24) is 10.3 Å². The first kappa shape index (κ1) is 14.3. The molecule has 0 saturated carbocycles. The second-order valence-electron chi connectivity index (χ2n) is 6.30. The molecule has 2 aromatic rings. The second-order valence-corrected chi connectivity index (χ2v) is 6.30. The third-order valence-electron chi connectivity index (χ3n) is 4.96. The van der Waals surface area contributed by atoms with Crippen LogP contribution >= 0.6 is 0 Å². The number of nitrogens with zero attached hydrogens (tertiary/aromatic N) is 2. The summed E-state index contributed by atoms with van der Waals surface area (Å²) in [5, 5.41) is 14.5. The van der Waals surface area contributed by atoms with Crippen LogP contribution in [0.4, 0.5) is 10.1 Å². The molecule has 2 aliphatic rings. The van der Waals surface area contributed by atoms with E-state index in [1.165, 1.54) is 18.6 Å². The lowest BCUT2D eigenvalue weighted by molar-refractivity contribution is -0.384. The van der Waals surface area contributed by atoms with Gasteiger partial charge in [0.2, 0.25) is 5.95 Å². The second kappa shape index (κ2) is 5.38. The van der Waals surface area contributed by atoms with E-state index in [2.05, 4.69) is 10.3 Å². The Kier molecular flexibility index (Phi) is 3.34. The molecule has 0 aliphatic carbocycles. The van der Waals surface area contributed by atoms with E-state index in [0.29, 0.717) is 29.1 Å². The maximum Gasteiger partial charge on any atom is 0.270 e. The number of nitro groups is 1. The summed E-state index contributed by atoms with van der Waals surface area (Å²) in [7, 11) is 0. The quantitative estimate of drug-likeness (QED) is 0.536. The van der Waals surface area contributed by atoms with Crippen molar-refractivity contribution in [3.05, 3.63) is 58.2 Å². The van der Waals surface area contributed by atoms with Gasteiger partial charge in [0.15, 0.2) is 0 Å². The van der Waals surface area contributed by atoms with Gasteiger partial charge in [-0.05, 0) is 36.5 Å². The van der Waals surface area contributed by atoms with Gasteiger partial charge in [0.05, 0.1) is 4.92 Å². The minimum absolute atomic E-state index is 0.0473. The molecule has 3 heterocycles. The first-order valence-electron chi connectivity index (χ1n) is 7.78. The standard InChI is InChI=1S/C17H16FN3O2/c18-17-15(10-2-1-3-13(6-10)21(22)23)7-11(9-19-17)14-8-12-4-5-16(14)20-12/h1-3,6-7,9,12,14,16,20H,4-5,8H2/t12-,14+,16+/m0/s1. The summed E-state index contributed by atoms with van der Waals surface area (Å²) in [5.41, 5.74) is 1.78. The highest BCUT2D eigenvalue weighted by molar-refractivity contribution is 5.66. The van der Waals surface area contributed by atoms with Crippen molar-refractivity contribution < 1.29 is 9.31 Å². The number of pyridine rings is 1. The monoisotopic (exact) mass is 313 g/mol. The lowest BCUT2D eigenvalue weighted by atomic mass is 9.84. The molecule has 23 heavy (non-hydrogen) atoms. The molecule has 3 atom stereocenters. The lowest BCUT2D eigenvalue weighted by Crippen LogP contribution is -2.21. The third kappa shape index (κ3) is 2.49.